The van der Waals surface area contributed by atoms with Crippen LogP contribution in [0, 0.1) is 16.7 Å². The van der Waals surface area contributed by atoms with E-state index in [0.717, 1.165) is 12.8 Å². The fourth-order valence-electron chi connectivity index (χ4n) is 3.70. The van der Waals surface area contributed by atoms with Crippen LogP contribution in [0.3, 0.4) is 0 Å². The van der Waals surface area contributed by atoms with Gasteiger partial charge in [0.25, 0.3) is 0 Å². The van der Waals surface area contributed by atoms with Crippen LogP contribution in [0.25, 0.3) is 0 Å². The number of rotatable bonds is 0. The molecule has 2 saturated carbocycles. The van der Waals surface area contributed by atoms with Crippen LogP contribution < -0.4 is 0 Å². The summed E-state index contributed by atoms with van der Waals surface area (Å²) >= 11 is 6.12. The summed E-state index contributed by atoms with van der Waals surface area (Å²) in [4.78, 5) is 11.9. The van der Waals surface area contributed by atoms with Gasteiger partial charge < -0.3 is 4.74 Å². The number of ether oxygens (including phenoxy) is 1. The lowest BCUT2D eigenvalue weighted by Gasteiger charge is -2.57. The maximum Gasteiger partial charge on any atom is 0.312 e. The normalized spacial score (nSPS) is 64.7. The Hall–Kier alpha value is 0.680. The Morgan fingerprint density at radius 2 is 2.21 bits per heavy atom. The van der Waals surface area contributed by atoms with Crippen LogP contribution in [-0.4, -0.2) is 14.4 Å². The molecule has 1 aliphatic heterocycles. The predicted octanol–water partition coefficient (Wildman–Crippen LogP) is 2.87. The molecule has 4 heteroatoms. The number of carbonyl (C=O) groups is 1. The van der Waals surface area contributed by atoms with E-state index in [1.54, 1.807) is 0 Å². The van der Waals surface area contributed by atoms with E-state index in [1.165, 1.54) is 0 Å². The number of carbonyl (C=O) groups excluding carboxylic acids is 1. The van der Waals surface area contributed by atoms with Gasteiger partial charge >= 0.3 is 5.97 Å². The van der Waals surface area contributed by atoms with E-state index in [4.69, 9.17) is 4.74 Å². The van der Waals surface area contributed by atoms with E-state index in [1.807, 2.05) is 0 Å². The molecule has 2 aliphatic carbocycles. The van der Waals surface area contributed by atoms with Crippen molar-refractivity contribution in [1.82, 2.24) is 0 Å². The van der Waals surface area contributed by atoms with Crippen molar-refractivity contribution in [2.45, 2.75) is 35.1 Å². The summed E-state index contributed by atoms with van der Waals surface area (Å²) in [7, 11) is 0. The molecule has 4 unspecified atom stereocenters. The summed E-state index contributed by atoms with van der Waals surface area (Å²) in [5.74, 6) is 0.600. The Bertz CT molecular complexity index is 343. The standard InChI is InChI=1S/C10H12BrIO2/c1-8-4-3-5-9(8,2)6(10(5,11)12)14-7(8)13/h5-6H,3-4H2,1-2H3/t5?,6?,8?,9?,10-/m1/s1. The van der Waals surface area contributed by atoms with Crippen LogP contribution in [0.2, 0.25) is 0 Å². The third-order valence-corrected chi connectivity index (χ3v) is 7.17. The molecule has 78 valence electrons. The van der Waals surface area contributed by atoms with E-state index in [-0.39, 0.29) is 25.2 Å². The van der Waals surface area contributed by atoms with Gasteiger partial charge in [0.05, 0.1) is 5.41 Å². The predicted molar refractivity (Wildman–Crippen MR) is 64.5 cm³/mol. The lowest BCUT2D eigenvalue weighted by Crippen LogP contribution is -2.64. The molecule has 0 spiro atoms. The fourth-order valence-corrected chi connectivity index (χ4v) is 6.70. The SMILES string of the molecule is CC12CCC3C1(C)C(OC2=O)[C@]3(Br)I. The highest BCUT2D eigenvalue weighted by Gasteiger charge is 2.83. The average Bonchev–Trinajstić information content (AvgIpc) is 2.43. The van der Waals surface area contributed by atoms with E-state index < -0.39 is 0 Å². The number of esters is 1. The topological polar surface area (TPSA) is 26.3 Å². The number of hydrogen-bond acceptors (Lipinski definition) is 2. The van der Waals surface area contributed by atoms with Gasteiger partial charge in [0.15, 0.2) is 0 Å². The minimum atomic E-state index is -0.217. The Morgan fingerprint density at radius 3 is 2.86 bits per heavy atom. The van der Waals surface area contributed by atoms with Gasteiger partial charge in [-0.15, -0.1) is 0 Å². The van der Waals surface area contributed by atoms with Gasteiger partial charge in [-0.1, -0.05) is 45.4 Å². The molecule has 0 bridgehead atoms. The minimum absolute atomic E-state index is 0.0105. The van der Waals surface area contributed by atoms with Crippen LogP contribution in [0.4, 0.5) is 0 Å². The first-order valence-electron chi connectivity index (χ1n) is 4.94. The molecule has 0 aromatic rings. The quantitative estimate of drug-likeness (QED) is 0.372. The number of hydrogen-bond donors (Lipinski definition) is 0. The van der Waals surface area contributed by atoms with Gasteiger partial charge in [-0.2, -0.15) is 0 Å². The first kappa shape index (κ1) is 9.87. The second kappa shape index (κ2) is 2.34. The van der Waals surface area contributed by atoms with Gasteiger partial charge in [0, 0.05) is 5.41 Å². The second-order valence-corrected chi connectivity index (χ2v) is 9.75. The monoisotopic (exact) mass is 370 g/mol. The van der Waals surface area contributed by atoms with Crippen molar-refractivity contribution in [3.63, 3.8) is 0 Å². The van der Waals surface area contributed by atoms with Crippen LogP contribution in [0.1, 0.15) is 26.7 Å². The van der Waals surface area contributed by atoms with Crippen LogP contribution >= 0.6 is 38.5 Å². The molecule has 3 rings (SSSR count). The highest BCUT2D eigenvalue weighted by molar-refractivity contribution is 14.1. The summed E-state index contributed by atoms with van der Waals surface area (Å²) in [5, 5.41) is 0. The van der Waals surface area contributed by atoms with Crippen molar-refractivity contribution in [2.24, 2.45) is 16.7 Å². The zero-order chi connectivity index (χ0) is 10.4. The zero-order valence-electron chi connectivity index (χ0n) is 8.14. The molecule has 2 nitrogen and oxygen atoms in total. The number of halogens is 2. The fraction of sp³-hybridized carbons (Fsp3) is 0.900. The highest BCUT2D eigenvalue weighted by atomic mass is 127. The Kier molecular flexibility index (Phi) is 1.65. The Morgan fingerprint density at radius 1 is 1.57 bits per heavy atom. The van der Waals surface area contributed by atoms with Crippen molar-refractivity contribution in [2.75, 3.05) is 0 Å². The molecule has 0 aromatic carbocycles. The smallest absolute Gasteiger partial charge is 0.312 e. The molecule has 1 saturated heterocycles. The number of alkyl halides is 2. The molecule has 0 aromatic heterocycles. The molecular formula is C10H12BrIO2. The molecule has 5 atom stereocenters. The summed E-state index contributed by atoms with van der Waals surface area (Å²) in [6, 6.07) is 0. The van der Waals surface area contributed by atoms with Gasteiger partial charge in [-0.25, -0.2) is 0 Å². The maximum absolute atomic E-state index is 11.9. The molecule has 14 heavy (non-hydrogen) atoms. The third kappa shape index (κ3) is 0.701. The van der Waals surface area contributed by atoms with Crippen LogP contribution in [0.15, 0.2) is 0 Å². The summed E-state index contributed by atoms with van der Waals surface area (Å²) in [6.07, 6.45) is 2.20. The van der Waals surface area contributed by atoms with Crippen molar-refractivity contribution in [3.8, 4) is 0 Å². The van der Waals surface area contributed by atoms with E-state index in [9.17, 15) is 4.79 Å². The first-order chi connectivity index (χ1) is 6.35. The van der Waals surface area contributed by atoms with Gasteiger partial charge in [-0.05, 0) is 25.7 Å². The van der Waals surface area contributed by atoms with Gasteiger partial charge in [-0.3, -0.25) is 4.79 Å². The molecule has 0 radical (unpaired) electrons. The van der Waals surface area contributed by atoms with Crippen LogP contribution in [0.5, 0.6) is 0 Å². The first-order valence-corrected chi connectivity index (χ1v) is 6.81. The van der Waals surface area contributed by atoms with Crippen LogP contribution in [-0.2, 0) is 9.53 Å². The molecule has 0 N–H and O–H groups in total. The van der Waals surface area contributed by atoms with E-state index in [0.29, 0.717) is 5.92 Å². The Labute approximate surface area is 105 Å². The van der Waals surface area contributed by atoms with Crippen molar-refractivity contribution >= 4 is 44.5 Å². The lowest BCUT2D eigenvalue weighted by atomic mass is 9.54. The van der Waals surface area contributed by atoms with Gasteiger partial charge in [0.2, 0.25) is 0 Å². The molecule has 3 aliphatic rings. The largest absolute Gasteiger partial charge is 0.459 e. The van der Waals surface area contributed by atoms with Gasteiger partial charge in [0.1, 0.15) is 8.43 Å². The lowest BCUT2D eigenvalue weighted by molar-refractivity contribution is -0.150. The zero-order valence-corrected chi connectivity index (χ0v) is 11.9. The van der Waals surface area contributed by atoms with E-state index >= 15 is 0 Å². The molecular weight excluding hydrogens is 359 g/mol. The van der Waals surface area contributed by atoms with Crippen molar-refractivity contribution < 1.29 is 9.53 Å². The van der Waals surface area contributed by atoms with Crippen molar-refractivity contribution in [1.29, 1.82) is 0 Å². The Balaban J connectivity index is 2.16. The summed E-state index contributed by atoms with van der Waals surface area (Å²) < 4.78 is 5.51. The molecule has 3 fully saturated rings. The minimum Gasteiger partial charge on any atom is -0.459 e. The molecule has 1 heterocycles. The summed E-state index contributed by atoms with van der Waals surface area (Å²) in [5.41, 5.74) is -0.139. The highest BCUT2D eigenvalue weighted by Crippen LogP contribution is 2.78. The average molecular weight is 371 g/mol. The van der Waals surface area contributed by atoms with E-state index in [2.05, 4.69) is 52.4 Å². The molecule has 0 amide bonds. The third-order valence-electron chi connectivity index (χ3n) is 4.88. The summed E-state index contributed by atoms with van der Waals surface area (Å²) in [6.45, 7) is 4.30. The second-order valence-electron chi connectivity index (χ2n) is 5.17. The van der Waals surface area contributed by atoms with Crippen molar-refractivity contribution in [3.05, 3.63) is 0 Å². The maximum atomic E-state index is 11.9.